The summed E-state index contributed by atoms with van der Waals surface area (Å²) in [7, 11) is 0. The Labute approximate surface area is 199 Å². The Bertz CT molecular complexity index is 1190. The number of rotatable bonds is 8. The fraction of sp³-hybridized carbons (Fsp3) is 0.440. The average Bonchev–Trinajstić information content (AvgIpc) is 3.27. The van der Waals surface area contributed by atoms with E-state index in [0.717, 1.165) is 17.1 Å². The largest absolute Gasteiger partial charge is 0.378 e. The number of amides is 1. The zero-order valence-electron chi connectivity index (χ0n) is 20.0. The summed E-state index contributed by atoms with van der Waals surface area (Å²) in [6.07, 6.45) is 4.31. The maximum atomic E-state index is 12.7. The molecule has 9 nitrogen and oxygen atoms in total. The molecular weight excluding hydrogens is 432 g/mol. The average molecular weight is 465 g/mol. The molecule has 1 aliphatic heterocycles. The molecule has 0 unspecified atom stereocenters. The van der Waals surface area contributed by atoms with E-state index in [1.807, 2.05) is 48.5 Å². The Hall–Kier alpha value is -3.46. The maximum Gasteiger partial charge on any atom is 0.255 e. The SMILES string of the molecule is Cc1nc(N2CCOCC2)[nH]c(=O)c1CCC(=O)Nc1cccc(Cn2ccnc2C(C)C)c1. The van der Waals surface area contributed by atoms with E-state index in [4.69, 9.17) is 4.74 Å². The fourth-order valence-corrected chi connectivity index (χ4v) is 4.18. The first-order chi connectivity index (χ1) is 16.4. The minimum Gasteiger partial charge on any atom is -0.378 e. The van der Waals surface area contributed by atoms with E-state index >= 15 is 0 Å². The fourth-order valence-electron chi connectivity index (χ4n) is 4.18. The molecule has 4 rings (SSSR count). The number of ether oxygens (including phenoxy) is 1. The van der Waals surface area contributed by atoms with E-state index in [0.29, 0.717) is 62.4 Å². The van der Waals surface area contributed by atoms with Gasteiger partial charge in [0.05, 0.1) is 13.2 Å². The van der Waals surface area contributed by atoms with Gasteiger partial charge in [-0.25, -0.2) is 9.97 Å². The quantitative estimate of drug-likeness (QED) is 0.531. The number of aryl methyl sites for hydroxylation is 1. The van der Waals surface area contributed by atoms with Crippen LogP contribution in [-0.2, 0) is 22.5 Å². The van der Waals surface area contributed by atoms with Crippen molar-refractivity contribution in [3.8, 4) is 0 Å². The van der Waals surface area contributed by atoms with Gasteiger partial charge in [-0.3, -0.25) is 14.6 Å². The van der Waals surface area contributed by atoms with Crippen LogP contribution in [0, 0.1) is 6.92 Å². The van der Waals surface area contributed by atoms with Crippen LogP contribution in [0.4, 0.5) is 11.6 Å². The first kappa shape index (κ1) is 23.7. The molecule has 2 aromatic heterocycles. The number of hydrogen-bond donors (Lipinski definition) is 2. The molecule has 34 heavy (non-hydrogen) atoms. The van der Waals surface area contributed by atoms with Crippen LogP contribution >= 0.6 is 0 Å². The molecule has 0 saturated carbocycles. The molecule has 0 bridgehead atoms. The number of anilines is 2. The van der Waals surface area contributed by atoms with Crippen molar-refractivity contribution in [2.45, 2.75) is 46.1 Å². The number of imidazole rings is 1. The summed E-state index contributed by atoms with van der Waals surface area (Å²) >= 11 is 0. The highest BCUT2D eigenvalue weighted by molar-refractivity contribution is 5.90. The van der Waals surface area contributed by atoms with Crippen molar-refractivity contribution in [1.82, 2.24) is 19.5 Å². The summed E-state index contributed by atoms with van der Waals surface area (Å²) in [6, 6.07) is 7.80. The highest BCUT2D eigenvalue weighted by Crippen LogP contribution is 2.17. The second-order valence-electron chi connectivity index (χ2n) is 8.87. The molecule has 0 spiro atoms. The van der Waals surface area contributed by atoms with Gasteiger partial charge in [-0.2, -0.15) is 0 Å². The normalized spacial score (nSPS) is 13.9. The van der Waals surface area contributed by atoms with E-state index in [9.17, 15) is 9.59 Å². The number of nitrogens with one attached hydrogen (secondary N) is 2. The minimum atomic E-state index is -0.190. The first-order valence-electron chi connectivity index (χ1n) is 11.7. The third-order valence-corrected chi connectivity index (χ3v) is 5.95. The number of nitrogens with zero attached hydrogens (tertiary/aromatic N) is 4. The Morgan fingerprint density at radius 2 is 2.06 bits per heavy atom. The molecule has 3 aromatic rings. The smallest absolute Gasteiger partial charge is 0.255 e. The van der Waals surface area contributed by atoms with Gasteiger partial charge >= 0.3 is 0 Å². The van der Waals surface area contributed by atoms with Crippen molar-refractivity contribution in [3.05, 3.63) is 69.7 Å². The van der Waals surface area contributed by atoms with Gasteiger partial charge in [-0.15, -0.1) is 0 Å². The monoisotopic (exact) mass is 464 g/mol. The predicted molar refractivity (Wildman–Crippen MR) is 131 cm³/mol. The third-order valence-electron chi connectivity index (χ3n) is 5.95. The molecule has 3 heterocycles. The summed E-state index contributed by atoms with van der Waals surface area (Å²) in [4.78, 5) is 39.1. The number of carbonyl (C=O) groups excluding carboxylic acids is 1. The number of aromatic amines is 1. The highest BCUT2D eigenvalue weighted by atomic mass is 16.5. The van der Waals surface area contributed by atoms with Gasteiger partial charge in [-0.1, -0.05) is 26.0 Å². The molecule has 1 fully saturated rings. The third kappa shape index (κ3) is 5.72. The summed E-state index contributed by atoms with van der Waals surface area (Å²) in [5.41, 5.74) is 2.82. The molecule has 2 N–H and O–H groups in total. The van der Waals surface area contributed by atoms with E-state index in [1.54, 1.807) is 0 Å². The number of morpholine rings is 1. The molecule has 0 atom stereocenters. The van der Waals surface area contributed by atoms with Crippen molar-refractivity contribution >= 4 is 17.5 Å². The van der Waals surface area contributed by atoms with Crippen molar-refractivity contribution in [2.75, 3.05) is 36.5 Å². The molecule has 1 aliphatic rings. The van der Waals surface area contributed by atoms with Crippen LogP contribution in [0.3, 0.4) is 0 Å². The number of H-pyrrole nitrogens is 1. The number of aromatic nitrogens is 4. The van der Waals surface area contributed by atoms with Gasteiger partial charge < -0.3 is 19.5 Å². The molecule has 0 aliphatic carbocycles. The van der Waals surface area contributed by atoms with Crippen molar-refractivity contribution in [1.29, 1.82) is 0 Å². The Balaban J connectivity index is 1.36. The minimum absolute atomic E-state index is 0.140. The molecule has 0 radical (unpaired) electrons. The molecule has 9 heteroatoms. The maximum absolute atomic E-state index is 12.7. The van der Waals surface area contributed by atoms with Crippen LogP contribution in [-0.4, -0.2) is 51.7 Å². The van der Waals surface area contributed by atoms with Crippen LogP contribution < -0.4 is 15.8 Å². The van der Waals surface area contributed by atoms with Crippen LogP contribution in [0.1, 0.15) is 48.8 Å². The number of carbonyl (C=O) groups is 1. The molecule has 1 amide bonds. The lowest BCUT2D eigenvalue weighted by molar-refractivity contribution is -0.116. The van der Waals surface area contributed by atoms with Gasteiger partial charge in [0, 0.05) is 61.3 Å². The first-order valence-corrected chi connectivity index (χ1v) is 11.7. The van der Waals surface area contributed by atoms with Gasteiger partial charge in [-0.05, 0) is 31.0 Å². The van der Waals surface area contributed by atoms with Gasteiger partial charge in [0.25, 0.3) is 5.56 Å². The number of benzene rings is 1. The molecular formula is C25H32N6O3. The van der Waals surface area contributed by atoms with E-state index in [-0.39, 0.29) is 17.9 Å². The Morgan fingerprint density at radius 1 is 1.26 bits per heavy atom. The summed E-state index contributed by atoms with van der Waals surface area (Å²) in [5.74, 6) is 1.79. The summed E-state index contributed by atoms with van der Waals surface area (Å²) < 4.78 is 7.48. The van der Waals surface area contributed by atoms with Gasteiger partial charge in [0.15, 0.2) is 0 Å². The number of hydrogen-bond acceptors (Lipinski definition) is 6. The Morgan fingerprint density at radius 3 is 2.79 bits per heavy atom. The van der Waals surface area contributed by atoms with Crippen molar-refractivity contribution in [2.24, 2.45) is 0 Å². The lowest BCUT2D eigenvalue weighted by Gasteiger charge is -2.27. The zero-order chi connectivity index (χ0) is 24.1. The van der Waals surface area contributed by atoms with Crippen LogP contribution in [0.25, 0.3) is 0 Å². The Kier molecular flexibility index (Phi) is 7.42. The van der Waals surface area contributed by atoms with Crippen LogP contribution in [0.5, 0.6) is 0 Å². The highest BCUT2D eigenvalue weighted by Gasteiger charge is 2.17. The molecule has 1 saturated heterocycles. The zero-order valence-corrected chi connectivity index (χ0v) is 20.0. The topological polar surface area (TPSA) is 105 Å². The van der Waals surface area contributed by atoms with Crippen molar-refractivity contribution < 1.29 is 9.53 Å². The van der Waals surface area contributed by atoms with Crippen molar-refractivity contribution in [3.63, 3.8) is 0 Å². The lowest BCUT2D eigenvalue weighted by Crippen LogP contribution is -2.38. The summed E-state index contributed by atoms with van der Waals surface area (Å²) in [6.45, 7) is 9.37. The van der Waals surface area contributed by atoms with E-state index < -0.39 is 0 Å². The van der Waals surface area contributed by atoms with Gasteiger partial charge in [0.1, 0.15) is 5.82 Å². The molecule has 180 valence electrons. The second-order valence-corrected chi connectivity index (χ2v) is 8.87. The van der Waals surface area contributed by atoms with E-state index in [2.05, 4.69) is 38.7 Å². The van der Waals surface area contributed by atoms with Gasteiger partial charge in [0.2, 0.25) is 11.9 Å². The standard InChI is InChI=1S/C25H32N6O3/c1-17(2)23-26-9-10-31(23)16-19-5-4-6-20(15-19)28-22(32)8-7-21-18(3)27-25(29-24(21)33)30-11-13-34-14-12-30/h4-6,9-10,15,17H,7-8,11-14,16H2,1-3H3,(H,28,32)(H,27,29,33). The second kappa shape index (κ2) is 10.6. The van der Waals surface area contributed by atoms with Crippen LogP contribution in [0.2, 0.25) is 0 Å². The predicted octanol–water partition coefficient (Wildman–Crippen LogP) is 2.85. The van der Waals surface area contributed by atoms with Crippen LogP contribution in [0.15, 0.2) is 41.5 Å². The summed E-state index contributed by atoms with van der Waals surface area (Å²) in [5, 5.41) is 2.95. The molecule has 1 aromatic carbocycles. The van der Waals surface area contributed by atoms with E-state index in [1.165, 1.54) is 0 Å². The lowest BCUT2D eigenvalue weighted by atomic mass is 10.1.